The molecule has 70 valence electrons. The largest absolute Gasteiger partial charge is 0.0986 e. The third kappa shape index (κ3) is 4.10. The van der Waals surface area contributed by atoms with Gasteiger partial charge in [-0.3, -0.25) is 0 Å². The Morgan fingerprint density at radius 3 is 2.08 bits per heavy atom. The number of hydrogen-bond donors (Lipinski definition) is 0. The van der Waals surface area contributed by atoms with Crippen molar-refractivity contribution < 1.29 is 0 Å². The lowest BCUT2D eigenvalue weighted by molar-refractivity contribution is 0.419. The van der Waals surface area contributed by atoms with Gasteiger partial charge >= 0.3 is 0 Å². The number of rotatable bonds is 2. The van der Waals surface area contributed by atoms with Crippen molar-refractivity contribution in [2.75, 3.05) is 0 Å². The van der Waals surface area contributed by atoms with Gasteiger partial charge in [0.2, 0.25) is 0 Å². The Balaban J connectivity index is 2.33. The van der Waals surface area contributed by atoms with Crippen LogP contribution >= 0.6 is 0 Å². The zero-order valence-electron chi connectivity index (χ0n) is 8.77. The van der Waals surface area contributed by atoms with Gasteiger partial charge in [0.25, 0.3) is 0 Å². The maximum absolute atomic E-state index is 2.52. The molecule has 0 nitrogen and oxygen atoms in total. The minimum absolute atomic E-state index is 0.922. The fourth-order valence-corrected chi connectivity index (χ4v) is 2.60. The van der Waals surface area contributed by atoms with Gasteiger partial charge in [0.1, 0.15) is 0 Å². The van der Waals surface area contributed by atoms with E-state index < -0.39 is 8.07 Å². The Morgan fingerprint density at radius 1 is 1.00 bits per heavy atom. The molecule has 0 bridgehead atoms. The molecule has 0 aliphatic heterocycles. The van der Waals surface area contributed by atoms with Crippen molar-refractivity contribution in [2.24, 2.45) is 5.92 Å². The van der Waals surface area contributed by atoms with E-state index in [0.29, 0.717) is 0 Å². The number of allylic oxidation sites excluding steroid dienone is 1. The maximum atomic E-state index is 2.52. The Hall–Kier alpha value is -0.0431. The zero-order chi connectivity index (χ0) is 9.03. The van der Waals surface area contributed by atoms with E-state index in [9.17, 15) is 0 Å². The molecule has 1 aliphatic rings. The van der Waals surface area contributed by atoms with Gasteiger partial charge in [0, 0.05) is 0 Å². The summed E-state index contributed by atoms with van der Waals surface area (Å²) in [7, 11) is -0.922. The fraction of sp³-hybridized carbons (Fsp3) is 0.818. The first-order valence-electron chi connectivity index (χ1n) is 5.27. The molecule has 0 aromatic heterocycles. The molecule has 0 N–H and O–H groups in total. The normalized spacial score (nSPS) is 21.9. The average molecular weight is 182 g/mol. The SMILES string of the molecule is C[Si](C)(C)/C=C/C1CCCCC1. The molecular weight excluding hydrogens is 160 g/mol. The first kappa shape index (κ1) is 10.0. The van der Waals surface area contributed by atoms with E-state index in [-0.39, 0.29) is 0 Å². The van der Waals surface area contributed by atoms with Crippen LogP contribution < -0.4 is 0 Å². The summed E-state index contributed by atoms with van der Waals surface area (Å²) in [6.07, 6.45) is 9.78. The van der Waals surface area contributed by atoms with E-state index in [1.54, 1.807) is 0 Å². The highest BCUT2D eigenvalue weighted by atomic mass is 28.3. The summed E-state index contributed by atoms with van der Waals surface area (Å²) in [5.41, 5.74) is 2.52. The Labute approximate surface area is 78.1 Å². The van der Waals surface area contributed by atoms with Crippen LogP contribution in [0.5, 0.6) is 0 Å². The van der Waals surface area contributed by atoms with Crippen molar-refractivity contribution in [2.45, 2.75) is 51.7 Å². The Bertz CT molecular complexity index is 147. The molecule has 12 heavy (non-hydrogen) atoms. The lowest BCUT2D eigenvalue weighted by Gasteiger charge is -2.19. The van der Waals surface area contributed by atoms with Crippen LogP contribution in [0.25, 0.3) is 0 Å². The number of hydrogen-bond acceptors (Lipinski definition) is 0. The molecular formula is C11H22Si. The minimum atomic E-state index is -0.922. The van der Waals surface area contributed by atoms with Gasteiger partial charge in [-0.15, -0.1) is 0 Å². The van der Waals surface area contributed by atoms with Crippen LogP contribution in [0.2, 0.25) is 19.6 Å². The van der Waals surface area contributed by atoms with E-state index in [1.807, 2.05) is 0 Å². The van der Waals surface area contributed by atoms with Gasteiger partial charge < -0.3 is 0 Å². The van der Waals surface area contributed by atoms with Gasteiger partial charge in [0.05, 0.1) is 8.07 Å². The maximum Gasteiger partial charge on any atom is 0.0682 e. The summed E-state index contributed by atoms with van der Waals surface area (Å²) < 4.78 is 0. The third-order valence-electron chi connectivity index (χ3n) is 2.52. The monoisotopic (exact) mass is 182 g/mol. The molecule has 0 aromatic rings. The van der Waals surface area contributed by atoms with E-state index in [4.69, 9.17) is 0 Å². The molecule has 0 heterocycles. The van der Waals surface area contributed by atoms with Gasteiger partial charge in [-0.25, -0.2) is 0 Å². The molecule has 0 amide bonds. The summed E-state index contributed by atoms with van der Waals surface area (Å²) in [5, 5.41) is 0. The second kappa shape index (κ2) is 4.27. The van der Waals surface area contributed by atoms with Crippen molar-refractivity contribution in [1.82, 2.24) is 0 Å². The highest BCUT2D eigenvalue weighted by molar-refractivity contribution is 6.80. The van der Waals surface area contributed by atoms with Crippen LogP contribution in [0.4, 0.5) is 0 Å². The van der Waals surface area contributed by atoms with Crippen molar-refractivity contribution >= 4 is 8.07 Å². The van der Waals surface area contributed by atoms with Gasteiger partial charge in [-0.05, 0) is 18.8 Å². The first-order valence-corrected chi connectivity index (χ1v) is 8.85. The van der Waals surface area contributed by atoms with E-state index in [2.05, 4.69) is 31.4 Å². The van der Waals surface area contributed by atoms with Crippen LogP contribution in [0.1, 0.15) is 32.1 Å². The predicted octanol–water partition coefficient (Wildman–Crippen LogP) is 4.00. The molecule has 0 radical (unpaired) electrons. The molecule has 0 spiro atoms. The lowest BCUT2D eigenvalue weighted by Crippen LogP contribution is -2.16. The average Bonchev–Trinajstić information content (AvgIpc) is 2.02. The van der Waals surface area contributed by atoms with Crippen molar-refractivity contribution in [1.29, 1.82) is 0 Å². The molecule has 1 rings (SSSR count). The molecule has 1 aliphatic carbocycles. The van der Waals surface area contributed by atoms with Crippen LogP contribution in [0.3, 0.4) is 0 Å². The summed E-state index contributed by atoms with van der Waals surface area (Å²) in [4.78, 5) is 0. The molecule has 1 heteroatoms. The highest BCUT2D eigenvalue weighted by Crippen LogP contribution is 2.25. The van der Waals surface area contributed by atoms with Crippen LogP contribution in [0, 0.1) is 5.92 Å². The molecule has 1 fully saturated rings. The fourth-order valence-electron chi connectivity index (χ4n) is 1.75. The van der Waals surface area contributed by atoms with Crippen LogP contribution in [-0.2, 0) is 0 Å². The van der Waals surface area contributed by atoms with Gasteiger partial charge in [0.15, 0.2) is 0 Å². The topological polar surface area (TPSA) is 0 Å². The smallest absolute Gasteiger partial charge is 0.0682 e. The van der Waals surface area contributed by atoms with Crippen molar-refractivity contribution in [3.05, 3.63) is 11.8 Å². The van der Waals surface area contributed by atoms with Crippen LogP contribution in [0.15, 0.2) is 11.8 Å². The highest BCUT2D eigenvalue weighted by Gasteiger charge is 2.12. The molecule has 1 saturated carbocycles. The first-order chi connectivity index (χ1) is 5.58. The van der Waals surface area contributed by atoms with Crippen molar-refractivity contribution in [3.8, 4) is 0 Å². The van der Waals surface area contributed by atoms with E-state index in [1.165, 1.54) is 32.1 Å². The summed E-state index contributed by atoms with van der Waals surface area (Å²) in [6, 6.07) is 0. The third-order valence-corrected chi connectivity index (χ3v) is 3.71. The summed E-state index contributed by atoms with van der Waals surface area (Å²) in [5.74, 6) is 0.922. The van der Waals surface area contributed by atoms with E-state index >= 15 is 0 Å². The van der Waals surface area contributed by atoms with Crippen molar-refractivity contribution in [3.63, 3.8) is 0 Å². The second-order valence-electron chi connectivity index (χ2n) is 5.12. The van der Waals surface area contributed by atoms with Crippen LogP contribution in [-0.4, -0.2) is 8.07 Å². The molecule has 0 saturated heterocycles. The predicted molar refractivity (Wildman–Crippen MR) is 59.1 cm³/mol. The quantitative estimate of drug-likeness (QED) is 0.566. The standard InChI is InChI=1S/C11H22Si/c1-12(2,3)10-9-11-7-5-4-6-8-11/h9-11H,4-8H2,1-3H3/b10-9+. The minimum Gasteiger partial charge on any atom is -0.0986 e. The molecule has 0 unspecified atom stereocenters. The Morgan fingerprint density at radius 2 is 1.58 bits per heavy atom. The summed E-state index contributed by atoms with van der Waals surface area (Å²) >= 11 is 0. The van der Waals surface area contributed by atoms with Gasteiger partial charge in [-0.1, -0.05) is 50.7 Å². The lowest BCUT2D eigenvalue weighted by atomic mass is 9.90. The Kier molecular flexibility index (Phi) is 3.57. The molecule has 0 atom stereocenters. The van der Waals surface area contributed by atoms with E-state index in [0.717, 1.165) is 5.92 Å². The zero-order valence-corrected chi connectivity index (χ0v) is 9.77. The van der Waals surface area contributed by atoms with Gasteiger partial charge in [-0.2, -0.15) is 0 Å². The second-order valence-corrected chi connectivity index (χ2v) is 10.2. The summed E-state index contributed by atoms with van der Waals surface area (Å²) in [6.45, 7) is 7.23. The molecule has 0 aromatic carbocycles.